The van der Waals surface area contributed by atoms with Gasteiger partial charge in [-0.05, 0) is 18.2 Å². The third kappa shape index (κ3) is 2.30. The summed E-state index contributed by atoms with van der Waals surface area (Å²) in [6, 6.07) is 7.40. The van der Waals surface area contributed by atoms with Gasteiger partial charge in [-0.15, -0.1) is 0 Å². The van der Waals surface area contributed by atoms with Gasteiger partial charge in [-0.2, -0.15) is 5.26 Å². The van der Waals surface area contributed by atoms with Crippen molar-refractivity contribution in [3.8, 4) is 6.07 Å². The molecule has 0 fully saturated rings. The minimum Gasteiger partial charge on any atom is -0.397 e. The number of hydrogen-bond donors (Lipinski definition) is 1. The van der Waals surface area contributed by atoms with Crippen LogP contribution in [0.5, 0.6) is 0 Å². The minimum absolute atomic E-state index is 0.401. The van der Waals surface area contributed by atoms with Gasteiger partial charge in [0.1, 0.15) is 11.8 Å². The van der Waals surface area contributed by atoms with Gasteiger partial charge in [0.05, 0.1) is 11.9 Å². The zero-order valence-corrected chi connectivity index (χ0v) is 9.11. The lowest BCUT2D eigenvalue weighted by atomic mass is 10.4. The van der Waals surface area contributed by atoms with Gasteiger partial charge in [0.15, 0.2) is 0 Å². The maximum atomic E-state index is 8.73. The molecule has 0 aliphatic rings. The summed E-state index contributed by atoms with van der Waals surface area (Å²) in [6.07, 6.45) is 4.90. The molecule has 0 unspecified atom stereocenters. The first kappa shape index (κ1) is 10.5. The van der Waals surface area contributed by atoms with Gasteiger partial charge in [0, 0.05) is 22.2 Å². The highest BCUT2D eigenvalue weighted by Gasteiger charge is 2.02. The van der Waals surface area contributed by atoms with Crippen LogP contribution in [0.3, 0.4) is 0 Å². The van der Waals surface area contributed by atoms with Crippen molar-refractivity contribution in [3.63, 3.8) is 0 Å². The molecule has 0 aliphatic carbocycles. The fourth-order valence-electron chi connectivity index (χ4n) is 1.15. The SMILES string of the molecule is N#Cc1cc(Sc2ccncc2N)ccn1. The van der Waals surface area contributed by atoms with Crippen molar-refractivity contribution in [2.75, 3.05) is 5.73 Å². The predicted octanol–water partition coefficient (Wildman–Crippen LogP) is 2.08. The first-order chi connectivity index (χ1) is 7.79. The maximum absolute atomic E-state index is 8.73. The topological polar surface area (TPSA) is 75.6 Å². The summed E-state index contributed by atoms with van der Waals surface area (Å²) in [5.41, 5.74) is 6.80. The van der Waals surface area contributed by atoms with Gasteiger partial charge in [-0.1, -0.05) is 11.8 Å². The molecule has 0 amide bonds. The third-order valence-electron chi connectivity index (χ3n) is 1.88. The van der Waals surface area contributed by atoms with Crippen molar-refractivity contribution < 1.29 is 0 Å². The summed E-state index contributed by atoms with van der Waals surface area (Å²) in [5, 5.41) is 8.73. The lowest BCUT2D eigenvalue weighted by Gasteiger charge is -2.03. The van der Waals surface area contributed by atoms with Crippen molar-refractivity contribution in [1.82, 2.24) is 9.97 Å². The quantitative estimate of drug-likeness (QED) is 0.851. The van der Waals surface area contributed by atoms with Gasteiger partial charge in [-0.3, -0.25) is 4.98 Å². The van der Waals surface area contributed by atoms with E-state index in [1.165, 1.54) is 11.8 Å². The predicted molar refractivity (Wildman–Crippen MR) is 61.7 cm³/mol. The fraction of sp³-hybridized carbons (Fsp3) is 0. The van der Waals surface area contributed by atoms with Crippen LogP contribution in [-0.2, 0) is 0 Å². The largest absolute Gasteiger partial charge is 0.397 e. The Bertz CT molecular complexity index is 548. The van der Waals surface area contributed by atoms with Crippen molar-refractivity contribution >= 4 is 17.4 Å². The molecule has 0 bridgehead atoms. The first-order valence-corrected chi connectivity index (χ1v) is 5.35. The fourth-order valence-corrected chi connectivity index (χ4v) is 2.00. The monoisotopic (exact) mass is 228 g/mol. The van der Waals surface area contributed by atoms with Crippen LogP contribution in [0.1, 0.15) is 5.69 Å². The molecule has 5 heteroatoms. The Labute approximate surface area is 97.1 Å². The summed E-state index contributed by atoms with van der Waals surface area (Å²) >= 11 is 1.49. The van der Waals surface area contributed by atoms with Crippen LogP contribution in [0, 0.1) is 11.3 Å². The van der Waals surface area contributed by atoms with E-state index in [1.807, 2.05) is 18.2 Å². The highest BCUT2D eigenvalue weighted by atomic mass is 32.2. The van der Waals surface area contributed by atoms with Crippen LogP contribution >= 0.6 is 11.8 Å². The van der Waals surface area contributed by atoms with Crippen LogP contribution in [0.2, 0.25) is 0 Å². The Kier molecular flexibility index (Phi) is 3.03. The van der Waals surface area contributed by atoms with Crippen LogP contribution in [0.15, 0.2) is 46.6 Å². The summed E-state index contributed by atoms with van der Waals surface area (Å²) in [6.45, 7) is 0. The number of hydrogen-bond acceptors (Lipinski definition) is 5. The van der Waals surface area contributed by atoms with E-state index < -0.39 is 0 Å². The number of anilines is 1. The average Bonchev–Trinajstić information content (AvgIpc) is 2.32. The van der Waals surface area contributed by atoms with Gasteiger partial charge in [0.25, 0.3) is 0 Å². The normalized spacial score (nSPS) is 9.69. The molecule has 4 nitrogen and oxygen atoms in total. The molecule has 0 spiro atoms. The van der Waals surface area contributed by atoms with Crippen molar-refractivity contribution in [2.45, 2.75) is 9.79 Å². The number of nitrogens with two attached hydrogens (primary N) is 1. The summed E-state index contributed by atoms with van der Waals surface area (Å²) in [7, 11) is 0. The summed E-state index contributed by atoms with van der Waals surface area (Å²) in [5.74, 6) is 0. The Balaban J connectivity index is 2.28. The zero-order chi connectivity index (χ0) is 11.4. The lowest BCUT2D eigenvalue weighted by molar-refractivity contribution is 1.21. The molecule has 16 heavy (non-hydrogen) atoms. The van der Waals surface area contributed by atoms with Crippen molar-refractivity contribution in [1.29, 1.82) is 5.26 Å². The van der Waals surface area contributed by atoms with E-state index in [4.69, 9.17) is 11.0 Å². The molecule has 0 saturated carbocycles. The second-order valence-electron chi connectivity index (χ2n) is 3.00. The highest BCUT2D eigenvalue weighted by molar-refractivity contribution is 7.99. The second-order valence-corrected chi connectivity index (χ2v) is 4.12. The number of nitriles is 1. The van der Waals surface area contributed by atoms with E-state index in [0.29, 0.717) is 11.4 Å². The van der Waals surface area contributed by atoms with Crippen molar-refractivity contribution in [2.24, 2.45) is 0 Å². The van der Waals surface area contributed by atoms with Crippen LogP contribution in [0.4, 0.5) is 5.69 Å². The molecule has 0 radical (unpaired) electrons. The molecular weight excluding hydrogens is 220 g/mol. The standard InChI is InChI=1S/C11H8N4S/c12-6-8-5-9(1-4-15-8)16-11-2-3-14-7-10(11)13/h1-5,7H,13H2. The Morgan fingerprint density at radius 1 is 1.31 bits per heavy atom. The van der Waals surface area contributed by atoms with Gasteiger partial charge < -0.3 is 5.73 Å². The zero-order valence-electron chi connectivity index (χ0n) is 8.29. The number of rotatable bonds is 2. The molecular formula is C11H8N4S. The van der Waals surface area contributed by atoms with Gasteiger partial charge in [-0.25, -0.2) is 4.98 Å². The van der Waals surface area contributed by atoms with E-state index >= 15 is 0 Å². The van der Waals surface area contributed by atoms with E-state index in [2.05, 4.69) is 9.97 Å². The lowest BCUT2D eigenvalue weighted by Crippen LogP contribution is -1.89. The molecule has 2 heterocycles. The molecule has 2 N–H and O–H groups in total. The Hall–Kier alpha value is -2.06. The summed E-state index contributed by atoms with van der Waals surface area (Å²) in [4.78, 5) is 9.68. The molecule has 2 aromatic heterocycles. The first-order valence-electron chi connectivity index (χ1n) is 4.53. The average molecular weight is 228 g/mol. The molecule has 0 aliphatic heterocycles. The van der Waals surface area contributed by atoms with Gasteiger partial charge in [0.2, 0.25) is 0 Å². The number of nitrogen functional groups attached to an aromatic ring is 1. The van der Waals surface area contributed by atoms with Crippen LogP contribution in [0.25, 0.3) is 0 Å². The second kappa shape index (κ2) is 4.64. The maximum Gasteiger partial charge on any atom is 0.141 e. The van der Waals surface area contributed by atoms with E-state index in [9.17, 15) is 0 Å². The van der Waals surface area contributed by atoms with E-state index in [-0.39, 0.29) is 0 Å². The molecule has 0 atom stereocenters. The van der Waals surface area contributed by atoms with E-state index in [1.54, 1.807) is 24.7 Å². The highest BCUT2D eigenvalue weighted by Crippen LogP contribution is 2.30. The summed E-state index contributed by atoms with van der Waals surface area (Å²) < 4.78 is 0. The smallest absolute Gasteiger partial charge is 0.141 e. The molecule has 78 valence electrons. The number of aromatic nitrogens is 2. The molecule has 2 aromatic rings. The number of pyridine rings is 2. The number of nitrogens with zero attached hydrogens (tertiary/aromatic N) is 3. The Morgan fingerprint density at radius 2 is 2.19 bits per heavy atom. The minimum atomic E-state index is 0.401. The van der Waals surface area contributed by atoms with Crippen molar-refractivity contribution in [3.05, 3.63) is 42.5 Å². The van der Waals surface area contributed by atoms with Crippen LogP contribution < -0.4 is 5.73 Å². The molecule has 2 rings (SSSR count). The third-order valence-corrected chi connectivity index (χ3v) is 2.97. The van der Waals surface area contributed by atoms with E-state index in [0.717, 1.165) is 9.79 Å². The molecule has 0 saturated heterocycles. The van der Waals surface area contributed by atoms with Crippen LogP contribution in [-0.4, -0.2) is 9.97 Å². The van der Waals surface area contributed by atoms with Gasteiger partial charge >= 0.3 is 0 Å². The Morgan fingerprint density at radius 3 is 2.94 bits per heavy atom. The molecule has 0 aromatic carbocycles.